The van der Waals surface area contributed by atoms with Gasteiger partial charge in [-0.15, -0.1) is 0 Å². The standard InChI is InChI=1S/C7H8N3/c1-2-6-4-8-5-10-7(6)9-3-1/h1-3,8H,4-5H2. The van der Waals surface area contributed by atoms with Crippen LogP contribution in [0.4, 0.5) is 5.82 Å². The fraction of sp³-hybridized carbons (Fsp3) is 0.286. The van der Waals surface area contributed by atoms with E-state index in [2.05, 4.69) is 15.6 Å². The maximum Gasteiger partial charge on any atom is 0.152 e. The molecule has 0 atom stereocenters. The quantitative estimate of drug-likeness (QED) is 0.557. The van der Waals surface area contributed by atoms with E-state index < -0.39 is 0 Å². The van der Waals surface area contributed by atoms with Crippen LogP contribution in [0.2, 0.25) is 0 Å². The Balaban J connectivity index is 2.41. The van der Waals surface area contributed by atoms with Crippen molar-refractivity contribution in [3.05, 3.63) is 23.9 Å². The van der Waals surface area contributed by atoms with Crippen LogP contribution in [0.15, 0.2) is 18.3 Å². The lowest BCUT2D eigenvalue weighted by atomic mass is 10.2. The van der Waals surface area contributed by atoms with Crippen molar-refractivity contribution in [1.82, 2.24) is 15.6 Å². The van der Waals surface area contributed by atoms with Gasteiger partial charge in [0.2, 0.25) is 0 Å². The van der Waals surface area contributed by atoms with Gasteiger partial charge < -0.3 is 0 Å². The van der Waals surface area contributed by atoms with Crippen molar-refractivity contribution in [3.8, 4) is 0 Å². The highest BCUT2D eigenvalue weighted by atomic mass is 15.1. The molecule has 2 rings (SSSR count). The third-order valence-electron chi connectivity index (χ3n) is 1.52. The Hall–Kier alpha value is -1.09. The summed E-state index contributed by atoms with van der Waals surface area (Å²) in [5.41, 5.74) is 1.19. The maximum absolute atomic E-state index is 4.17. The molecular formula is C7H8N3. The van der Waals surface area contributed by atoms with E-state index in [1.807, 2.05) is 12.1 Å². The number of rotatable bonds is 0. The van der Waals surface area contributed by atoms with Crippen LogP contribution in [-0.4, -0.2) is 11.7 Å². The average Bonchev–Trinajstić information content (AvgIpc) is 2.05. The molecule has 3 nitrogen and oxygen atoms in total. The van der Waals surface area contributed by atoms with Crippen LogP contribution >= 0.6 is 0 Å². The number of aromatic nitrogens is 1. The first kappa shape index (κ1) is 5.68. The molecule has 0 spiro atoms. The van der Waals surface area contributed by atoms with Gasteiger partial charge in [-0.05, 0) is 6.07 Å². The molecule has 1 N–H and O–H groups in total. The number of pyridine rings is 1. The Morgan fingerprint density at radius 2 is 2.50 bits per heavy atom. The minimum Gasteiger partial charge on any atom is -0.294 e. The van der Waals surface area contributed by atoms with E-state index in [1.165, 1.54) is 5.56 Å². The summed E-state index contributed by atoms with van der Waals surface area (Å²) >= 11 is 0. The molecule has 0 saturated heterocycles. The Bertz CT molecular complexity index is 209. The van der Waals surface area contributed by atoms with Gasteiger partial charge in [0.05, 0.1) is 6.67 Å². The first-order chi connectivity index (χ1) is 4.97. The van der Waals surface area contributed by atoms with E-state index in [0.717, 1.165) is 12.4 Å². The van der Waals surface area contributed by atoms with E-state index in [-0.39, 0.29) is 0 Å². The SMILES string of the molecule is c1cnc2c(c1)CNC[N]2. The molecule has 1 aliphatic heterocycles. The summed E-state index contributed by atoms with van der Waals surface area (Å²) in [5.74, 6) is 0.890. The molecule has 1 radical (unpaired) electrons. The smallest absolute Gasteiger partial charge is 0.152 e. The van der Waals surface area contributed by atoms with Crippen molar-refractivity contribution in [2.75, 3.05) is 6.67 Å². The lowest BCUT2D eigenvalue weighted by Gasteiger charge is -2.14. The second-order valence-electron chi connectivity index (χ2n) is 2.23. The van der Waals surface area contributed by atoms with E-state index in [4.69, 9.17) is 0 Å². The van der Waals surface area contributed by atoms with Crippen LogP contribution in [-0.2, 0) is 6.54 Å². The molecule has 3 heteroatoms. The van der Waals surface area contributed by atoms with E-state index >= 15 is 0 Å². The van der Waals surface area contributed by atoms with Gasteiger partial charge >= 0.3 is 0 Å². The first-order valence-corrected chi connectivity index (χ1v) is 3.29. The zero-order valence-electron chi connectivity index (χ0n) is 5.54. The normalized spacial score (nSPS) is 15.6. The molecule has 51 valence electrons. The molecule has 0 unspecified atom stereocenters. The molecule has 1 aromatic rings. The van der Waals surface area contributed by atoms with Gasteiger partial charge in [0, 0.05) is 18.3 Å². The van der Waals surface area contributed by atoms with Crippen LogP contribution in [0.25, 0.3) is 0 Å². The van der Waals surface area contributed by atoms with Gasteiger partial charge in [0.1, 0.15) is 0 Å². The third kappa shape index (κ3) is 0.844. The third-order valence-corrected chi connectivity index (χ3v) is 1.52. The molecule has 2 heterocycles. The van der Waals surface area contributed by atoms with Crippen LogP contribution < -0.4 is 10.6 Å². The highest BCUT2D eigenvalue weighted by Crippen LogP contribution is 2.12. The Labute approximate surface area is 59.5 Å². The summed E-state index contributed by atoms with van der Waals surface area (Å²) in [5, 5.41) is 7.31. The summed E-state index contributed by atoms with van der Waals surface area (Å²) in [6.45, 7) is 1.59. The zero-order valence-corrected chi connectivity index (χ0v) is 5.54. The average molecular weight is 134 g/mol. The topological polar surface area (TPSA) is 39.0 Å². The van der Waals surface area contributed by atoms with Gasteiger partial charge in [-0.1, -0.05) is 6.07 Å². The van der Waals surface area contributed by atoms with Crippen molar-refractivity contribution in [1.29, 1.82) is 0 Å². The number of nitrogens with zero attached hydrogens (tertiary/aromatic N) is 2. The Kier molecular flexibility index (Phi) is 1.29. The molecule has 0 aromatic carbocycles. The van der Waals surface area contributed by atoms with Crippen LogP contribution in [0.5, 0.6) is 0 Å². The zero-order chi connectivity index (χ0) is 6.81. The predicted molar refractivity (Wildman–Crippen MR) is 37.7 cm³/mol. The molecule has 1 aromatic heterocycles. The molecule has 0 aliphatic carbocycles. The summed E-state index contributed by atoms with van der Waals surface area (Å²) in [6, 6.07) is 3.97. The Morgan fingerprint density at radius 3 is 3.40 bits per heavy atom. The van der Waals surface area contributed by atoms with Gasteiger partial charge in [-0.3, -0.25) is 10.6 Å². The molecule has 10 heavy (non-hydrogen) atoms. The fourth-order valence-corrected chi connectivity index (χ4v) is 1.03. The van der Waals surface area contributed by atoms with Gasteiger partial charge in [-0.2, -0.15) is 0 Å². The monoisotopic (exact) mass is 134 g/mol. The summed E-state index contributed by atoms with van der Waals surface area (Å²) in [4.78, 5) is 4.11. The van der Waals surface area contributed by atoms with Crippen LogP contribution in [0.1, 0.15) is 5.56 Å². The molecule has 0 saturated carbocycles. The highest BCUT2D eigenvalue weighted by molar-refractivity contribution is 5.37. The summed E-state index contributed by atoms with van der Waals surface area (Å²) in [6.07, 6.45) is 1.77. The minimum atomic E-state index is 0.698. The van der Waals surface area contributed by atoms with Gasteiger partial charge in [0.15, 0.2) is 5.82 Å². The van der Waals surface area contributed by atoms with E-state index in [9.17, 15) is 0 Å². The second kappa shape index (κ2) is 2.27. The number of fused-ring (bicyclic) bond motifs is 1. The highest BCUT2D eigenvalue weighted by Gasteiger charge is 2.07. The summed E-state index contributed by atoms with van der Waals surface area (Å²) in [7, 11) is 0. The lowest BCUT2D eigenvalue weighted by molar-refractivity contribution is 0.601. The molecule has 0 amide bonds. The first-order valence-electron chi connectivity index (χ1n) is 3.29. The Morgan fingerprint density at radius 1 is 1.50 bits per heavy atom. The molecule has 0 fully saturated rings. The van der Waals surface area contributed by atoms with Crippen molar-refractivity contribution in [2.45, 2.75) is 6.54 Å². The van der Waals surface area contributed by atoms with Crippen molar-refractivity contribution in [2.24, 2.45) is 0 Å². The van der Waals surface area contributed by atoms with Crippen LogP contribution in [0.3, 0.4) is 0 Å². The molecule has 1 aliphatic rings. The summed E-state index contributed by atoms with van der Waals surface area (Å²) < 4.78 is 0. The van der Waals surface area contributed by atoms with Crippen molar-refractivity contribution < 1.29 is 0 Å². The molecule has 0 bridgehead atoms. The van der Waals surface area contributed by atoms with Gasteiger partial charge in [-0.25, -0.2) is 4.98 Å². The van der Waals surface area contributed by atoms with Crippen molar-refractivity contribution >= 4 is 5.82 Å². The fourth-order valence-electron chi connectivity index (χ4n) is 1.03. The maximum atomic E-state index is 4.17. The largest absolute Gasteiger partial charge is 0.294 e. The lowest BCUT2D eigenvalue weighted by Crippen LogP contribution is -2.27. The number of hydrogen-bond acceptors (Lipinski definition) is 2. The van der Waals surface area contributed by atoms with Gasteiger partial charge in [0.25, 0.3) is 0 Å². The predicted octanol–water partition coefficient (Wildman–Crippen LogP) is 0.378. The second-order valence-corrected chi connectivity index (χ2v) is 2.23. The number of hydrogen-bond donors (Lipinski definition) is 1. The van der Waals surface area contributed by atoms with Crippen LogP contribution in [0, 0.1) is 0 Å². The van der Waals surface area contributed by atoms with Crippen molar-refractivity contribution in [3.63, 3.8) is 0 Å². The minimum absolute atomic E-state index is 0.698. The van der Waals surface area contributed by atoms with E-state index in [1.54, 1.807) is 6.20 Å². The number of nitrogens with one attached hydrogen (secondary N) is 1. The molecular weight excluding hydrogens is 126 g/mol. The van der Waals surface area contributed by atoms with E-state index in [0.29, 0.717) is 6.67 Å².